The topological polar surface area (TPSA) is 95.4 Å². The van der Waals surface area contributed by atoms with Gasteiger partial charge in [-0.2, -0.15) is 0 Å². The average molecular weight is 222 g/mol. The van der Waals surface area contributed by atoms with Crippen LogP contribution in [0.15, 0.2) is 6.20 Å². The van der Waals surface area contributed by atoms with Crippen molar-refractivity contribution in [1.29, 1.82) is 0 Å². The van der Waals surface area contributed by atoms with Crippen LogP contribution in [0, 0.1) is 13.8 Å². The lowest BCUT2D eigenvalue weighted by Crippen LogP contribution is -1.84. The molecule has 0 unspecified atom stereocenters. The Morgan fingerprint density at radius 2 is 2.14 bits per heavy atom. The van der Waals surface area contributed by atoms with Crippen molar-refractivity contribution in [1.82, 2.24) is 9.97 Å². The van der Waals surface area contributed by atoms with Crippen molar-refractivity contribution in [3.05, 3.63) is 17.7 Å². The van der Waals surface area contributed by atoms with E-state index in [9.17, 15) is 4.57 Å². The average Bonchev–Trinajstić information content (AvgIpc) is 2.33. The lowest BCUT2D eigenvalue weighted by atomic mass is 10.6. The molecule has 0 fully saturated rings. The molecule has 3 N–H and O–H groups in total. The number of hydrogen-bond acceptors (Lipinski definition) is 3. The first kappa shape index (κ1) is 13.3. The number of nitrogens with zero attached hydrogens (tertiary/aromatic N) is 1. The van der Waals surface area contributed by atoms with E-state index in [2.05, 4.69) is 14.5 Å². The Hall–Kier alpha value is -0.680. The van der Waals surface area contributed by atoms with Gasteiger partial charge < -0.3 is 14.8 Å². The molecule has 0 atom stereocenters. The number of phosphoric ester groups is 1. The summed E-state index contributed by atoms with van der Waals surface area (Å²) in [6, 6.07) is 0. The van der Waals surface area contributed by atoms with E-state index in [-0.39, 0.29) is 6.61 Å². The van der Waals surface area contributed by atoms with Gasteiger partial charge in [0.25, 0.3) is 0 Å². The van der Waals surface area contributed by atoms with Crippen molar-refractivity contribution in [3.8, 4) is 0 Å². The molecule has 1 aromatic heterocycles. The van der Waals surface area contributed by atoms with E-state index in [0.29, 0.717) is 0 Å². The van der Waals surface area contributed by atoms with Crippen LogP contribution in [-0.2, 0) is 9.09 Å². The standard InChI is InChI=1S/C5H8N2.C2H7O4P/c1-4-3-6-5(2)7-4;1-2-6-7(3,4)5/h3H,1-2H3,(H,6,7);2H2,1H3,(H2,3,4,5). The SMILES string of the molecule is CCOP(=O)(O)O.Cc1cnc(C)[nH]1. The molecular formula is C7H15N2O4P. The fourth-order valence-corrected chi connectivity index (χ4v) is 1.05. The maximum absolute atomic E-state index is 9.70. The molecule has 0 bridgehead atoms. The fourth-order valence-electron chi connectivity index (χ4n) is 0.712. The predicted octanol–water partition coefficient (Wildman–Crippen LogP) is 1.14. The number of aromatic nitrogens is 2. The highest BCUT2D eigenvalue weighted by Gasteiger charge is 2.10. The molecule has 6 nitrogen and oxygen atoms in total. The highest BCUT2D eigenvalue weighted by atomic mass is 31.2. The second-order valence-corrected chi connectivity index (χ2v) is 3.80. The minimum atomic E-state index is -4.17. The zero-order valence-corrected chi connectivity index (χ0v) is 9.28. The van der Waals surface area contributed by atoms with Gasteiger partial charge in [-0.15, -0.1) is 0 Å². The molecule has 0 saturated heterocycles. The molecule has 0 aliphatic rings. The summed E-state index contributed by atoms with van der Waals surface area (Å²) in [4.78, 5) is 22.8. The molecule has 1 heterocycles. The van der Waals surface area contributed by atoms with Gasteiger partial charge in [0.2, 0.25) is 0 Å². The molecule has 0 spiro atoms. The summed E-state index contributed by atoms with van der Waals surface area (Å²) in [7, 11) is -4.17. The number of aryl methyl sites for hydroxylation is 2. The van der Waals surface area contributed by atoms with Crippen LogP contribution in [0.25, 0.3) is 0 Å². The van der Waals surface area contributed by atoms with E-state index in [4.69, 9.17) is 9.79 Å². The van der Waals surface area contributed by atoms with Crippen LogP contribution in [0.2, 0.25) is 0 Å². The first-order valence-electron chi connectivity index (χ1n) is 4.03. The third-order valence-corrected chi connectivity index (χ3v) is 1.72. The van der Waals surface area contributed by atoms with Crippen molar-refractivity contribution >= 4 is 7.82 Å². The quantitative estimate of drug-likeness (QED) is 0.652. The van der Waals surface area contributed by atoms with Crippen LogP contribution >= 0.6 is 7.82 Å². The number of imidazole rings is 1. The van der Waals surface area contributed by atoms with Gasteiger partial charge in [-0.3, -0.25) is 4.52 Å². The van der Waals surface area contributed by atoms with Gasteiger partial charge in [0.15, 0.2) is 0 Å². The van der Waals surface area contributed by atoms with E-state index < -0.39 is 7.82 Å². The third kappa shape index (κ3) is 7.94. The number of H-pyrrole nitrogens is 1. The Kier molecular flexibility index (Phi) is 5.64. The van der Waals surface area contributed by atoms with Crippen molar-refractivity contribution in [2.75, 3.05) is 6.61 Å². The lowest BCUT2D eigenvalue weighted by Gasteiger charge is -1.98. The summed E-state index contributed by atoms with van der Waals surface area (Å²) in [6.07, 6.45) is 1.81. The van der Waals surface area contributed by atoms with E-state index >= 15 is 0 Å². The summed E-state index contributed by atoms with van der Waals surface area (Å²) in [5.74, 6) is 0.984. The Morgan fingerprint density at radius 1 is 1.57 bits per heavy atom. The minimum absolute atomic E-state index is 0.0459. The molecule has 1 aromatic rings. The Morgan fingerprint density at radius 3 is 2.21 bits per heavy atom. The van der Waals surface area contributed by atoms with Crippen LogP contribution in [0.1, 0.15) is 18.4 Å². The van der Waals surface area contributed by atoms with Gasteiger partial charge in [0, 0.05) is 11.9 Å². The van der Waals surface area contributed by atoms with Crippen molar-refractivity contribution < 1.29 is 18.9 Å². The zero-order valence-electron chi connectivity index (χ0n) is 8.39. The third-order valence-electron chi connectivity index (χ3n) is 1.13. The Balaban J connectivity index is 0.000000241. The Bertz CT molecular complexity index is 290. The normalized spacial score (nSPS) is 10.6. The smallest absolute Gasteiger partial charge is 0.346 e. The molecule has 0 aliphatic carbocycles. The summed E-state index contributed by atoms with van der Waals surface area (Å²) in [5.41, 5.74) is 1.12. The number of aromatic amines is 1. The van der Waals surface area contributed by atoms with Crippen molar-refractivity contribution in [2.45, 2.75) is 20.8 Å². The van der Waals surface area contributed by atoms with Gasteiger partial charge in [0.05, 0.1) is 6.61 Å². The van der Waals surface area contributed by atoms with Crippen LogP contribution in [0.5, 0.6) is 0 Å². The number of hydrogen-bond donors (Lipinski definition) is 3. The highest BCUT2D eigenvalue weighted by Crippen LogP contribution is 2.34. The Labute approximate surface area is 82.6 Å². The minimum Gasteiger partial charge on any atom is -0.346 e. The highest BCUT2D eigenvalue weighted by molar-refractivity contribution is 7.46. The van der Waals surface area contributed by atoms with E-state index in [1.807, 2.05) is 20.0 Å². The van der Waals surface area contributed by atoms with Crippen LogP contribution < -0.4 is 0 Å². The molecule has 82 valence electrons. The summed E-state index contributed by atoms with van der Waals surface area (Å²) < 4.78 is 13.6. The first-order chi connectivity index (χ1) is 6.35. The number of rotatable bonds is 2. The maximum atomic E-state index is 9.70. The van der Waals surface area contributed by atoms with Gasteiger partial charge in [-0.05, 0) is 20.8 Å². The molecule has 0 aliphatic heterocycles. The molecule has 0 amide bonds. The van der Waals surface area contributed by atoms with Gasteiger partial charge in [0.1, 0.15) is 5.82 Å². The molecule has 0 aromatic carbocycles. The van der Waals surface area contributed by atoms with Crippen molar-refractivity contribution in [2.24, 2.45) is 0 Å². The summed E-state index contributed by atoms with van der Waals surface area (Å²) in [5, 5.41) is 0. The molecular weight excluding hydrogens is 207 g/mol. The molecule has 14 heavy (non-hydrogen) atoms. The van der Waals surface area contributed by atoms with Gasteiger partial charge in [-0.1, -0.05) is 0 Å². The van der Waals surface area contributed by atoms with Crippen molar-refractivity contribution in [3.63, 3.8) is 0 Å². The second kappa shape index (κ2) is 5.93. The first-order valence-corrected chi connectivity index (χ1v) is 5.56. The van der Waals surface area contributed by atoms with Crippen LogP contribution in [0.4, 0.5) is 0 Å². The summed E-state index contributed by atoms with van der Waals surface area (Å²) in [6.45, 7) is 5.48. The molecule has 0 saturated carbocycles. The number of nitrogens with one attached hydrogen (secondary N) is 1. The molecule has 7 heteroatoms. The van der Waals surface area contributed by atoms with E-state index in [1.54, 1.807) is 0 Å². The largest absolute Gasteiger partial charge is 0.469 e. The van der Waals surface area contributed by atoms with Gasteiger partial charge >= 0.3 is 7.82 Å². The maximum Gasteiger partial charge on any atom is 0.469 e. The molecule has 1 rings (SSSR count). The van der Waals surface area contributed by atoms with Crippen LogP contribution in [0.3, 0.4) is 0 Å². The molecule has 0 radical (unpaired) electrons. The van der Waals surface area contributed by atoms with Crippen LogP contribution in [-0.4, -0.2) is 26.4 Å². The second-order valence-electron chi connectivity index (χ2n) is 2.56. The number of phosphoric acid groups is 1. The van der Waals surface area contributed by atoms with E-state index in [0.717, 1.165) is 11.5 Å². The van der Waals surface area contributed by atoms with Gasteiger partial charge in [-0.25, -0.2) is 9.55 Å². The summed E-state index contributed by atoms with van der Waals surface area (Å²) >= 11 is 0. The lowest BCUT2D eigenvalue weighted by molar-refractivity contribution is 0.206. The predicted molar refractivity (Wildman–Crippen MR) is 51.7 cm³/mol. The van der Waals surface area contributed by atoms with E-state index in [1.165, 1.54) is 6.92 Å². The monoisotopic (exact) mass is 222 g/mol. The zero-order chi connectivity index (χ0) is 11.2. The fraction of sp³-hybridized carbons (Fsp3) is 0.571.